The summed E-state index contributed by atoms with van der Waals surface area (Å²) in [6.07, 6.45) is 5.30. The first kappa shape index (κ1) is 14.4. The Morgan fingerprint density at radius 3 is 1.74 bits per heavy atom. The summed E-state index contributed by atoms with van der Waals surface area (Å²) in [6.45, 7) is 3.82. The van der Waals surface area contributed by atoms with E-state index in [1.54, 1.807) is 3.37 Å². The van der Waals surface area contributed by atoms with E-state index in [0.29, 0.717) is 29.9 Å². The minimum atomic E-state index is 0.431. The van der Waals surface area contributed by atoms with Crippen molar-refractivity contribution in [1.29, 1.82) is 0 Å². The van der Waals surface area contributed by atoms with Gasteiger partial charge in [-0.05, 0) is 0 Å². The summed E-state index contributed by atoms with van der Waals surface area (Å²) in [5.41, 5.74) is 0. The molecule has 0 unspecified atom stereocenters. The molecule has 0 aliphatic carbocycles. The Balaban J connectivity index is 2.10. The molecule has 0 bridgehead atoms. The third-order valence-electron chi connectivity index (χ3n) is 2.37. The minimum absolute atomic E-state index is 0.431. The average Bonchev–Trinajstić information content (AvgIpc) is 2.47. The van der Waals surface area contributed by atoms with E-state index in [1.807, 2.05) is 6.08 Å². The van der Waals surface area contributed by atoms with E-state index in [0.717, 1.165) is 6.42 Å². The molecule has 0 saturated heterocycles. The molecule has 0 aromatic heterocycles. The van der Waals surface area contributed by atoms with Gasteiger partial charge in [-0.3, -0.25) is 0 Å². The number of hydrogen-bond donors (Lipinski definition) is 0. The Kier molecular flexibility index (Phi) is 6.20. The van der Waals surface area contributed by atoms with E-state index in [1.165, 1.54) is 8.92 Å². The van der Waals surface area contributed by atoms with Crippen LogP contribution in [0.4, 0.5) is 0 Å². The van der Waals surface area contributed by atoms with Crippen LogP contribution in [0.2, 0.25) is 0 Å². The molecule has 0 atom stereocenters. The van der Waals surface area contributed by atoms with Crippen LogP contribution in [0.1, 0.15) is 6.42 Å². The van der Waals surface area contributed by atoms with Gasteiger partial charge in [0, 0.05) is 0 Å². The molecule has 0 nitrogen and oxygen atoms in total. The third kappa shape index (κ3) is 5.22. The summed E-state index contributed by atoms with van der Waals surface area (Å²) >= 11 is 0.861. The van der Waals surface area contributed by atoms with Crippen molar-refractivity contribution in [3.63, 3.8) is 0 Å². The first-order chi connectivity index (χ1) is 9.38. The molecule has 0 N–H and O–H groups in total. The van der Waals surface area contributed by atoms with Crippen molar-refractivity contribution in [1.82, 2.24) is 0 Å². The van der Waals surface area contributed by atoms with Crippen molar-refractivity contribution < 1.29 is 0 Å². The molecule has 19 heavy (non-hydrogen) atoms. The van der Waals surface area contributed by atoms with Gasteiger partial charge >= 0.3 is 128 Å². The first-order valence-corrected chi connectivity index (χ1v) is 9.58. The van der Waals surface area contributed by atoms with E-state index >= 15 is 0 Å². The quantitative estimate of drug-likeness (QED) is 0.535. The summed E-state index contributed by atoms with van der Waals surface area (Å²) < 4.78 is 4.48. The second kappa shape index (κ2) is 8.19. The Hall–Kier alpha value is -1.04. The van der Waals surface area contributed by atoms with Crippen LogP contribution < -0.4 is 8.92 Å². The van der Waals surface area contributed by atoms with Gasteiger partial charge in [-0.25, -0.2) is 0 Å². The van der Waals surface area contributed by atoms with Crippen molar-refractivity contribution in [2.24, 2.45) is 0 Å². The fraction of sp³-hybridized carbons (Fsp3) is 0.0588. The fourth-order valence-electron chi connectivity index (χ4n) is 1.49. The van der Waals surface area contributed by atoms with Crippen LogP contribution in [-0.2, 0) is 0 Å². The fourth-order valence-corrected chi connectivity index (χ4v) is 7.09. The average molecular weight is 378 g/mol. The van der Waals surface area contributed by atoms with Gasteiger partial charge in [0.1, 0.15) is 0 Å². The molecule has 0 fully saturated rings. The Bertz CT molecular complexity index is 486. The molecule has 0 aliphatic rings. The molecule has 0 saturated carbocycles. The molecular weight excluding hydrogens is 362 g/mol. The molecule has 2 aromatic rings. The summed E-state index contributed by atoms with van der Waals surface area (Å²) in [4.78, 5) is 0. The van der Waals surface area contributed by atoms with Gasteiger partial charge in [-0.2, -0.15) is 0 Å². The monoisotopic (exact) mass is 380 g/mol. The van der Waals surface area contributed by atoms with Crippen LogP contribution in [-0.4, -0.2) is 29.9 Å². The number of hydrogen-bond acceptors (Lipinski definition) is 0. The molecule has 96 valence electrons. The molecule has 0 amide bonds. The Morgan fingerprint density at radius 2 is 1.32 bits per heavy atom. The number of rotatable bonds is 6. The summed E-state index contributed by atoms with van der Waals surface area (Å²) in [6, 6.07) is 21.5. The van der Waals surface area contributed by atoms with E-state index in [4.69, 9.17) is 0 Å². The standard InChI is InChI=1S/C17H16Se2/c1-2-3-14-17(18-15-10-6-4-7-11-15)19-16-12-8-5-9-13-16/h2,4-14H,1,3H2. The Morgan fingerprint density at radius 1 is 0.842 bits per heavy atom. The van der Waals surface area contributed by atoms with E-state index in [-0.39, 0.29) is 0 Å². The second-order valence-corrected chi connectivity index (χ2v) is 9.87. The molecule has 2 rings (SSSR count). The summed E-state index contributed by atoms with van der Waals surface area (Å²) in [5, 5.41) is 0. The van der Waals surface area contributed by atoms with E-state index in [2.05, 4.69) is 73.3 Å². The van der Waals surface area contributed by atoms with Crippen LogP contribution in [0.5, 0.6) is 0 Å². The normalized spacial score (nSPS) is 9.89. The molecule has 0 heterocycles. The van der Waals surface area contributed by atoms with Gasteiger partial charge in [0.2, 0.25) is 0 Å². The van der Waals surface area contributed by atoms with Crippen LogP contribution in [0, 0.1) is 0 Å². The van der Waals surface area contributed by atoms with Crippen molar-refractivity contribution >= 4 is 38.8 Å². The second-order valence-electron chi connectivity index (χ2n) is 3.88. The van der Waals surface area contributed by atoms with Crippen LogP contribution in [0.25, 0.3) is 0 Å². The molecule has 0 radical (unpaired) electrons. The molecule has 0 spiro atoms. The molecular formula is C17H16Se2. The zero-order valence-electron chi connectivity index (χ0n) is 10.7. The number of allylic oxidation sites excluding steroid dienone is 2. The molecule has 2 aromatic carbocycles. The van der Waals surface area contributed by atoms with E-state index < -0.39 is 0 Å². The van der Waals surface area contributed by atoms with Crippen molar-refractivity contribution in [3.05, 3.63) is 82.8 Å². The zero-order chi connectivity index (χ0) is 13.3. The van der Waals surface area contributed by atoms with Gasteiger partial charge < -0.3 is 0 Å². The van der Waals surface area contributed by atoms with Crippen molar-refractivity contribution in [2.75, 3.05) is 0 Å². The zero-order valence-corrected chi connectivity index (χ0v) is 14.1. The summed E-state index contributed by atoms with van der Waals surface area (Å²) in [7, 11) is 0. The van der Waals surface area contributed by atoms with Gasteiger partial charge in [-0.15, -0.1) is 0 Å². The number of benzene rings is 2. The first-order valence-electron chi connectivity index (χ1n) is 6.15. The summed E-state index contributed by atoms with van der Waals surface area (Å²) in [5.74, 6) is 0. The van der Waals surface area contributed by atoms with Gasteiger partial charge in [0.05, 0.1) is 0 Å². The van der Waals surface area contributed by atoms with Crippen LogP contribution in [0.3, 0.4) is 0 Å². The Labute approximate surface area is 127 Å². The molecule has 0 aliphatic heterocycles. The maximum absolute atomic E-state index is 3.82. The van der Waals surface area contributed by atoms with Crippen molar-refractivity contribution in [3.8, 4) is 0 Å². The third-order valence-corrected chi connectivity index (χ3v) is 7.87. The SMILES string of the molecule is C=CCC=C([Se]c1ccccc1)[Se]c1ccccc1. The van der Waals surface area contributed by atoms with Gasteiger partial charge in [0.15, 0.2) is 0 Å². The van der Waals surface area contributed by atoms with Crippen LogP contribution >= 0.6 is 0 Å². The van der Waals surface area contributed by atoms with Crippen molar-refractivity contribution in [2.45, 2.75) is 6.42 Å². The van der Waals surface area contributed by atoms with Crippen LogP contribution in [0.15, 0.2) is 82.8 Å². The predicted octanol–water partition coefficient (Wildman–Crippen LogP) is 2.46. The van der Waals surface area contributed by atoms with Gasteiger partial charge in [-0.1, -0.05) is 0 Å². The maximum atomic E-state index is 3.82. The van der Waals surface area contributed by atoms with E-state index in [9.17, 15) is 0 Å². The van der Waals surface area contributed by atoms with Gasteiger partial charge in [0.25, 0.3) is 0 Å². The predicted molar refractivity (Wildman–Crippen MR) is 86.6 cm³/mol. The molecule has 2 heteroatoms. The topological polar surface area (TPSA) is 0 Å².